The summed E-state index contributed by atoms with van der Waals surface area (Å²) in [6.45, 7) is 6.68. The molecule has 0 aromatic carbocycles. The topological polar surface area (TPSA) is 21.3 Å². The van der Waals surface area contributed by atoms with Crippen LogP contribution in [0, 0.1) is 13.8 Å². The Labute approximate surface area is 108 Å². The molecule has 96 valence electrons. The van der Waals surface area contributed by atoms with Crippen LogP contribution in [0.4, 0.5) is 0 Å². The molecule has 3 atom stereocenters. The molecule has 1 aliphatic rings. The second kappa shape index (κ2) is 5.51. The van der Waals surface area contributed by atoms with Crippen LogP contribution in [-0.2, 0) is 4.74 Å². The third kappa shape index (κ3) is 3.09. The predicted octanol–water partition coefficient (Wildman–Crippen LogP) is 3.58. The van der Waals surface area contributed by atoms with Crippen LogP contribution < -0.4 is 5.32 Å². The normalized spacial score (nSPS) is 26.4. The van der Waals surface area contributed by atoms with Crippen LogP contribution in [0.5, 0.6) is 0 Å². The molecule has 3 heteroatoms. The summed E-state index contributed by atoms with van der Waals surface area (Å²) in [6.07, 6.45) is 4.06. The van der Waals surface area contributed by atoms with Gasteiger partial charge in [0.25, 0.3) is 0 Å². The maximum Gasteiger partial charge on any atom is 0.0586 e. The van der Waals surface area contributed by atoms with Gasteiger partial charge in [-0.1, -0.05) is 0 Å². The van der Waals surface area contributed by atoms with Gasteiger partial charge in [0.1, 0.15) is 0 Å². The lowest BCUT2D eigenvalue weighted by molar-refractivity contribution is 0.106. The molecule has 1 saturated carbocycles. The molecule has 0 spiro atoms. The number of hydrogen-bond donors (Lipinski definition) is 1. The summed E-state index contributed by atoms with van der Waals surface area (Å²) >= 11 is 1.90. The Balaban J connectivity index is 1.93. The summed E-state index contributed by atoms with van der Waals surface area (Å²) in [6, 6.07) is 3.40. The zero-order chi connectivity index (χ0) is 12.4. The van der Waals surface area contributed by atoms with E-state index < -0.39 is 0 Å². The lowest BCUT2D eigenvalue weighted by Crippen LogP contribution is -2.30. The van der Waals surface area contributed by atoms with Gasteiger partial charge in [-0.15, -0.1) is 11.3 Å². The van der Waals surface area contributed by atoms with Gasteiger partial charge in [0.2, 0.25) is 0 Å². The minimum atomic E-state index is 0.459. The summed E-state index contributed by atoms with van der Waals surface area (Å²) in [7, 11) is 1.82. The third-order valence-corrected chi connectivity index (χ3v) is 4.73. The average molecular weight is 253 g/mol. The van der Waals surface area contributed by atoms with Gasteiger partial charge in [-0.3, -0.25) is 0 Å². The summed E-state index contributed by atoms with van der Waals surface area (Å²) in [5.41, 5.74) is 1.47. The molecule has 1 N–H and O–H groups in total. The Morgan fingerprint density at radius 1 is 1.41 bits per heavy atom. The van der Waals surface area contributed by atoms with Crippen molar-refractivity contribution in [3.8, 4) is 0 Å². The largest absolute Gasteiger partial charge is 0.381 e. The molecule has 0 aliphatic heterocycles. The van der Waals surface area contributed by atoms with E-state index >= 15 is 0 Å². The van der Waals surface area contributed by atoms with Crippen molar-refractivity contribution in [3.05, 3.63) is 21.4 Å². The molecule has 1 fully saturated rings. The minimum absolute atomic E-state index is 0.459. The first-order chi connectivity index (χ1) is 8.10. The number of methoxy groups -OCH3 is 1. The molecule has 2 nitrogen and oxygen atoms in total. The molecule has 1 aromatic heterocycles. The van der Waals surface area contributed by atoms with Crippen LogP contribution >= 0.6 is 11.3 Å². The molecule has 1 aliphatic carbocycles. The highest BCUT2D eigenvalue weighted by atomic mass is 32.1. The fourth-order valence-corrected chi connectivity index (χ4v) is 3.85. The molecular weight excluding hydrogens is 230 g/mol. The summed E-state index contributed by atoms with van der Waals surface area (Å²) in [5.74, 6) is 0. The van der Waals surface area contributed by atoms with Gasteiger partial charge in [-0.2, -0.15) is 0 Å². The maximum absolute atomic E-state index is 5.42. The highest BCUT2D eigenvalue weighted by molar-refractivity contribution is 7.12. The van der Waals surface area contributed by atoms with Gasteiger partial charge in [-0.25, -0.2) is 0 Å². The molecule has 0 radical (unpaired) electrons. The van der Waals surface area contributed by atoms with E-state index in [0.717, 1.165) is 6.42 Å². The summed E-state index contributed by atoms with van der Waals surface area (Å²) in [4.78, 5) is 2.86. The zero-order valence-electron chi connectivity index (χ0n) is 11.2. The smallest absolute Gasteiger partial charge is 0.0586 e. The SMILES string of the molecule is COC1CCC(NC(C)c2cc(C)sc2C)C1. The van der Waals surface area contributed by atoms with E-state index in [9.17, 15) is 0 Å². The fourth-order valence-electron chi connectivity index (χ4n) is 2.83. The van der Waals surface area contributed by atoms with Crippen LogP contribution in [0.3, 0.4) is 0 Å². The first kappa shape index (κ1) is 13.1. The quantitative estimate of drug-likeness (QED) is 0.885. The van der Waals surface area contributed by atoms with Crippen LogP contribution in [0.1, 0.15) is 47.5 Å². The van der Waals surface area contributed by atoms with Gasteiger partial charge in [0.05, 0.1) is 6.10 Å². The van der Waals surface area contributed by atoms with Crippen LogP contribution in [-0.4, -0.2) is 19.3 Å². The van der Waals surface area contributed by atoms with Crippen molar-refractivity contribution in [3.63, 3.8) is 0 Å². The molecule has 1 aromatic rings. The zero-order valence-corrected chi connectivity index (χ0v) is 12.1. The number of nitrogens with one attached hydrogen (secondary N) is 1. The average Bonchev–Trinajstić information content (AvgIpc) is 2.85. The molecule has 3 unspecified atom stereocenters. The van der Waals surface area contributed by atoms with Crippen molar-refractivity contribution in [2.45, 2.75) is 58.2 Å². The Hall–Kier alpha value is -0.380. The third-order valence-electron chi connectivity index (χ3n) is 3.75. The summed E-state index contributed by atoms with van der Waals surface area (Å²) < 4.78 is 5.42. The van der Waals surface area contributed by atoms with E-state index in [1.165, 1.54) is 28.2 Å². The van der Waals surface area contributed by atoms with E-state index in [4.69, 9.17) is 4.74 Å². The van der Waals surface area contributed by atoms with Gasteiger partial charge in [-0.05, 0) is 51.7 Å². The molecule has 17 heavy (non-hydrogen) atoms. The van der Waals surface area contributed by atoms with Crippen molar-refractivity contribution >= 4 is 11.3 Å². The molecule has 0 saturated heterocycles. The molecular formula is C14H23NOS. The van der Waals surface area contributed by atoms with Crippen molar-refractivity contribution in [1.82, 2.24) is 5.32 Å². The second-order valence-electron chi connectivity index (χ2n) is 5.12. The minimum Gasteiger partial charge on any atom is -0.381 e. The Bertz CT molecular complexity index is 374. The van der Waals surface area contributed by atoms with Crippen molar-refractivity contribution < 1.29 is 4.74 Å². The van der Waals surface area contributed by atoms with Crippen LogP contribution in [0.2, 0.25) is 0 Å². The number of aryl methyl sites for hydroxylation is 2. The second-order valence-corrected chi connectivity index (χ2v) is 6.59. The lowest BCUT2D eigenvalue weighted by Gasteiger charge is -2.19. The number of thiophene rings is 1. The first-order valence-corrected chi connectivity index (χ1v) is 7.27. The highest BCUT2D eigenvalue weighted by Gasteiger charge is 2.26. The Morgan fingerprint density at radius 2 is 2.18 bits per heavy atom. The predicted molar refractivity (Wildman–Crippen MR) is 73.8 cm³/mol. The monoisotopic (exact) mass is 253 g/mol. The van der Waals surface area contributed by atoms with Crippen LogP contribution in [0.15, 0.2) is 6.07 Å². The van der Waals surface area contributed by atoms with E-state index in [1.807, 2.05) is 18.4 Å². The number of hydrogen-bond acceptors (Lipinski definition) is 3. The summed E-state index contributed by atoms with van der Waals surface area (Å²) in [5, 5.41) is 3.74. The molecule has 0 bridgehead atoms. The standard InChI is InChI=1S/C14H23NOS/c1-9-7-14(11(3)17-9)10(2)15-12-5-6-13(8-12)16-4/h7,10,12-13,15H,5-6,8H2,1-4H3. The Kier molecular flexibility index (Phi) is 4.23. The van der Waals surface area contributed by atoms with E-state index in [1.54, 1.807) is 0 Å². The van der Waals surface area contributed by atoms with Gasteiger partial charge in [0.15, 0.2) is 0 Å². The van der Waals surface area contributed by atoms with Crippen molar-refractivity contribution in [2.75, 3.05) is 7.11 Å². The number of rotatable bonds is 4. The fraction of sp³-hybridized carbons (Fsp3) is 0.714. The van der Waals surface area contributed by atoms with E-state index in [-0.39, 0.29) is 0 Å². The van der Waals surface area contributed by atoms with Crippen molar-refractivity contribution in [1.29, 1.82) is 0 Å². The van der Waals surface area contributed by atoms with E-state index in [0.29, 0.717) is 18.2 Å². The van der Waals surface area contributed by atoms with Gasteiger partial charge < -0.3 is 10.1 Å². The van der Waals surface area contributed by atoms with Crippen LogP contribution in [0.25, 0.3) is 0 Å². The highest BCUT2D eigenvalue weighted by Crippen LogP contribution is 2.29. The maximum atomic E-state index is 5.42. The van der Waals surface area contributed by atoms with Crippen molar-refractivity contribution in [2.24, 2.45) is 0 Å². The Morgan fingerprint density at radius 3 is 2.71 bits per heavy atom. The van der Waals surface area contributed by atoms with Gasteiger partial charge >= 0.3 is 0 Å². The lowest BCUT2D eigenvalue weighted by atomic mass is 10.1. The van der Waals surface area contributed by atoms with Gasteiger partial charge in [0, 0.05) is 28.9 Å². The van der Waals surface area contributed by atoms with E-state index in [2.05, 4.69) is 32.2 Å². The molecule has 2 rings (SSSR count). The number of ether oxygens (including phenoxy) is 1. The molecule has 0 amide bonds. The first-order valence-electron chi connectivity index (χ1n) is 6.46. The molecule has 1 heterocycles.